The molecular formula is C18H18N2O5S. The summed E-state index contributed by atoms with van der Waals surface area (Å²) in [5.74, 6) is -0.345. The minimum atomic E-state index is -3.81. The quantitative estimate of drug-likeness (QED) is 0.455. The summed E-state index contributed by atoms with van der Waals surface area (Å²) in [5.41, 5.74) is 0.964. The average Bonchev–Trinajstić information content (AvgIpc) is 2.59. The molecule has 0 saturated heterocycles. The number of hydrogen-bond donors (Lipinski definition) is 2. The van der Waals surface area contributed by atoms with Gasteiger partial charge < -0.3 is 10.1 Å². The van der Waals surface area contributed by atoms with Gasteiger partial charge in [-0.05, 0) is 55.0 Å². The molecule has 0 aliphatic carbocycles. The number of methoxy groups -OCH3 is 1. The van der Waals surface area contributed by atoms with E-state index in [4.69, 9.17) is 9.88 Å². The molecule has 2 rings (SSSR count). The first-order chi connectivity index (χ1) is 12.2. The van der Waals surface area contributed by atoms with Crippen LogP contribution in [0, 0.1) is 0 Å². The second kappa shape index (κ2) is 7.94. The van der Waals surface area contributed by atoms with Gasteiger partial charge in [-0.25, -0.2) is 13.6 Å². The summed E-state index contributed by atoms with van der Waals surface area (Å²) in [7, 11) is -2.27. The summed E-state index contributed by atoms with van der Waals surface area (Å²) in [6.45, 7) is 1.29. The molecule has 0 spiro atoms. The number of carbonyl (C=O) groups is 2. The Morgan fingerprint density at radius 2 is 1.62 bits per heavy atom. The first-order valence-electron chi connectivity index (χ1n) is 7.51. The van der Waals surface area contributed by atoms with Crippen molar-refractivity contribution in [3.8, 4) is 5.75 Å². The van der Waals surface area contributed by atoms with Crippen molar-refractivity contribution in [2.45, 2.75) is 11.8 Å². The predicted molar refractivity (Wildman–Crippen MR) is 98.1 cm³/mol. The Kier molecular flexibility index (Phi) is 5.91. The summed E-state index contributed by atoms with van der Waals surface area (Å²) < 4.78 is 27.5. The highest BCUT2D eigenvalue weighted by Gasteiger charge is 2.15. The third-order valence-electron chi connectivity index (χ3n) is 3.49. The Balaban J connectivity index is 2.23. The van der Waals surface area contributed by atoms with Gasteiger partial charge in [-0.2, -0.15) is 0 Å². The van der Waals surface area contributed by atoms with Gasteiger partial charge in [0.25, 0.3) is 5.91 Å². The van der Waals surface area contributed by atoms with Crippen molar-refractivity contribution in [2.75, 3.05) is 12.4 Å². The molecule has 0 aromatic heterocycles. The molecule has 0 atom stereocenters. The summed E-state index contributed by atoms with van der Waals surface area (Å²) in [6, 6.07) is 12.2. The Hall–Kier alpha value is -2.97. The number of rotatable bonds is 6. The number of benzene rings is 2. The van der Waals surface area contributed by atoms with Crippen molar-refractivity contribution in [1.29, 1.82) is 0 Å². The molecule has 8 heteroatoms. The smallest absolute Gasteiger partial charge is 0.259 e. The molecule has 1 amide bonds. The maximum atomic E-state index is 12.4. The molecule has 0 aliphatic heterocycles. The predicted octanol–water partition coefficient (Wildman–Crippen LogP) is 1.95. The number of carbonyl (C=O) groups excluding carboxylic acids is 2. The van der Waals surface area contributed by atoms with Gasteiger partial charge in [0.1, 0.15) is 5.75 Å². The molecule has 0 fully saturated rings. The van der Waals surface area contributed by atoms with Crippen LogP contribution in [-0.2, 0) is 19.6 Å². The molecule has 0 unspecified atom stereocenters. The Morgan fingerprint density at radius 1 is 1.04 bits per heavy atom. The fourth-order valence-corrected chi connectivity index (χ4v) is 2.64. The molecule has 0 aliphatic rings. The molecule has 26 heavy (non-hydrogen) atoms. The first kappa shape index (κ1) is 19.4. The number of sulfonamides is 1. The van der Waals surface area contributed by atoms with Crippen LogP contribution in [0.4, 0.5) is 5.69 Å². The lowest BCUT2D eigenvalue weighted by Crippen LogP contribution is -2.19. The van der Waals surface area contributed by atoms with Crippen LogP contribution < -0.4 is 15.2 Å². The third kappa shape index (κ3) is 5.01. The van der Waals surface area contributed by atoms with E-state index in [1.165, 1.54) is 37.3 Å². The van der Waals surface area contributed by atoms with E-state index in [0.717, 1.165) is 0 Å². The van der Waals surface area contributed by atoms with Crippen molar-refractivity contribution in [2.24, 2.45) is 5.14 Å². The molecule has 0 saturated carbocycles. The van der Waals surface area contributed by atoms with E-state index < -0.39 is 21.7 Å². The highest BCUT2D eigenvalue weighted by molar-refractivity contribution is 7.89. The lowest BCUT2D eigenvalue weighted by molar-refractivity contribution is -0.118. The van der Waals surface area contributed by atoms with Crippen molar-refractivity contribution in [3.63, 3.8) is 0 Å². The highest BCUT2D eigenvalue weighted by atomic mass is 32.2. The normalized spacial score (nSPS) is 11.7. The maximum Gasteiger partial charge on any atom is 0.259 e. The van der Waals surface area contributed by atoms with Crippen LogP contribution in [0.3, 0.4) is 0 Å². The van der Waals surface area contributed by atoms with Gasteiger partial charge >= 0.3 is 0 Å². The first-order valence-corrected chi connectivity index (χ1v) is 9.06. The third-order valence-corrected chi connectivity index (χ3v) is 4.42. The number of nitrogens with two attached hydrogens (primary N) is 1. The Bertz CT molecular complexity index is 946. The molecule has 136 valence electrons. The number of anilines is 1. The van der Waals surface area contributed by atoms with E-state index in [1.54, 1.807) is 31.4 Å². The van der Waals surface area contributed by atoms with E-state index in [1.807, 2.05) is 0 Å². The van der Waals surface area contributed by atoms with Gasteiger partial charge in [0.2, 0.25) is 10.0 Å². The maximum absolute atomic E-state index is 12.4. The van der Waals surface area contributed by atoms with Crippen molar-refractivity contribution in [1.82, 2.24) is 0 Å². The molecule has 0 radical (unpaired) electrons. The number of hydrogen-bond acceptors (Lipinski definition) is 5. The van der Waals surface area contributed by atoms with Crippen molar-refractivity contribution < 1.29 is 22.7 Å². The largest absolute Gasteiger partial charge is 0.497 e. The van der Waals surface area contributed by atoms with E-state index in [0.29, 0.717) is 17.0 Å². The van der Waals surface area contributed by atoms with Gasteiger partial charge in [0, 0.05) is 5.69 Å². The van der Waals surface area contributed by atoms with Crippen LogP contribution in [0.15, 0.2) is 59.0 Å². The summed E-state index contributed by atoms with van der Waals surface area (Å²) >= 11 is 0. The Morgan fingerprint density at radius 3 is 2.08 bits per heavy atom. The number of Topliss-reactive ketones (excluding diaryl/α,β-unsaturated/α-hetero) is 1. The van der Waals surface area contributed by atoms with Crippen LogP contribution in [0.1, 0.15) is 12.5 Å². The molecular weight excluding hydrogens is 356 g/mol. The molecule has 0 bridgehead atoms. The van der Waals surface area contributed by atoms with Gasteiger partial charge in [-0.3, -0.25) is 9.59 Å². The van der Waals surface area contributed by atoms with Gasteiger partial charge in [0.05, 0.1) is 17.6 Å². The van der Waals surface area contributed by atoms with Gasteiger partial charge in [-0.1, -0.05) is 12.1 Å². The molecule has 3 N–H and O–H groups in total. The minimum Gasteiger partial charge on any atom is -0.497 e. The number of nitrogens with one attached hydrogen (secondary N) is 1. The van der Waals surface area contributed by atoms with Crippen LogP contribution in [0.25, 0.3) is 6.08 Å². The SMILES string of the molecule is COc1ccc(/C=C(\C(C)=O)C(=O)Nc2ccc(S(N)(=O)=O)cc2)cc1. The van der Waals surface area contributed by atoms with Crippen molar-refractivity contribution in [3.05, 3.63) is 59.7 Å². The van der Waals surface area contributed by atoms with Gasteiger partial charge in [0.15, 0.2) is 5.78 Å². The number of ketones is 1. The van der Waals surface area contributed by atoms with E-state index >= 15 is 0 Å². The Labute approximate surface area is 151 Å². The van der Waals surface area contributed by atoms with E-state index in [2.05, 4.69) is 5.32 Å². The second-order valence-electron chi connectivity index (χ2n) is 5.41. The standard InChI is InChI=1S/C18H18N2O5S/c1-12(21)17(11-13-3-7-15(25-2)8-4-13)18(22)20-14-5-9-16(10-6-14)26(19,23)24/h3-11H,1-2H3,(H,20,22)(H2,19,23,24)/b17-11+. The molecule has 0 heterocycles. The second-order valence-corrected chi connectivity index (χ2v) is 6.97. The zero-order valence-corrected chi connectivity index (χ0v) is 15.0. The summed E-state index contributed by atoms with van der Waals surface area (Å²) in [4.78, 5) is 24.2. The fourth-order valence-electron chi connectivity index (χ4n) is 2.12. The van der Waals surface area contributed by atoms with Crippen LogP contribution >= 0.6 is 0 Å². The molecule has 2 aromatic rings. The average molecular weight is 374 g/mol. The lowest BCUT2D eigenvalue weighted by atomic mass is 10.1. The molecule has 2 aromatic carbocycles. The van der Waals surface area contributed by atoms with Crippen LogP contribution in [0.2, 0.25) is 0 Å². The topological polar surface area (TPSA) is 116 Å². The highest BCUT2D eigenvalue weighted by Crippen LogP contribution is 2.17. The fraction of sp³-hybridized carbons (Fsp3) is 0.111. The van der Waals surface area contributed by atoms with Crippen LogP contribution in [0.5, 0.6) is 5.75 Å². The lowest BCUT2D eigenvalue weighted by Gasteiger charge is -2.08. The van der Waals surface area contributed by atoms with Crippen LogP contribution in [-0.4, -0.2) is 27.2 Å². The van der Waals surface area contributed by atoms with E-state index in [-0.39, 0.29) is 10.5 Å². The zero-order chi connectivity index (χ0) is 19.3. The van der Waals surface area contributed by atoms with Crippen molar-refractivity contribution >= 4 is 33.5 Å². The van der Waals surface area contributed by atoms with Gasteiger partial charge in [-0.15, -0.1) is 0 Å². The number of ether oxygens (including phenoxy) is 1. The summed E-state index contributed by atoms with van der Waals surface area (Å²) in [5, 5.41) is 7.58. The monoisotopic (exact) mass is 374 g/mol. The molecule has 7 nitrogen and oxygen atoms in total. The number of primary sulfonamides is 1. The minimum absolute atomic E-state index is 0.0364. The number of amides is 1. The van der Waals surface area contributed by atoms with E-state index in [9.17, 15) is 18.0 Å². The zero-order valence-electron chi connectivity index (χ0n) is 14.2. The summed E-state index contributed by atoms with van der Waals surface area (Å²) in [6.07, 6.45) is 1.47.